The van der Waals surface area contributed by atoms with E-state index < -0.39 is 307 Å². The molecule has 48 heteroatoms. The zero-order valence-electron chi connectivity index (χ0n) is 49.5. The Morgan fingerprint density at radius 3 is 0.612 bits per heavy atom. The molecule has 98 heavy (non-hydrogen) atoms. The van der Waals surface area contributed by atoms with E-state index in [2.05, 4.69) is 0 Å². The van der Waals surface area contributed by atoms with Crippen LogP contribution in [0.25, 0.3) is 0 Å². The van der Waals surface area contributed by atoms with Crippen molar-refractivity contribution in [1.82, 2.24) is 0 Å². The van der Waals surface area contributed by atoms with Crippen LogP contribution in [0.1, 0.15) is 25.7 Å². The highest BCUT2D eigenvalue weighted by molar-refractivity contribution is 7.99. The summed E-state index contributed by atoms with van der Waals surface area (Å²) in [5.74, 6) is -43.9. The van der Waals surface area contributed by atoms with E-state index in [0.717, 1.165) is 0 Å². The Balaban J connectivity index is 1.18. The van der Waals surface area contributed by atoms with Crippen LogP contribution in [0.5, 0.6) is 0 Å². The Kier molecular flexibility index (Phi) is 27.5. The zero-order chi connectivity index (χ0) is 73.7. The van der Waals surface area contributed by atoms with Gasteiger partial charge in [-0.15, -0.1) is 0 Å². The zero-order valence-corrected chi connectivity index (χ0v) is 51.1. The molecule has 16 N–H and O–H groups in total. The summed E-state index contributed by atoms with van der Waals surface area (Å²) < 4.78 is 313. The van der Waals surface area contributed by atoms with Crippen LogP contribution >= 0.6 is 23.5 Å². The number of alkyl halides is 18. The molecule has 0 aromatic heterocycles. The fourth-order valence-corrected chi connectivity index (χ4v) is 13.3. The highest BCUT2D eigenvalue weighted by Crippen LogP contribution is 2.56. The lowest BCUT2D eigenvalue weighted by Crippen LogP contribution is -2.69. The first-order valence-corrected chi connectivity index (χ1v) is 31.5. The quantitative estimate of drug-likeness (QED) is 0.0425. The van der Waals surface area contributed by atoms with Gasteiger partial charge in [-0.3, -0.25) is 0 Å². The molecule has 0 aliphatic carbocycles. The number of halogens is 18. The fourth-order valence-electron chi connectivity index (χ4n) is 11.2. The van der Waals surface area contributed by atoms with Crippen molar-refractivity contribution in [2.45, 2.75) is 258 Å². The van der Waals surface area contributed by atoms with E-state index in [1.807, 2.05) is 0 Å². The number of ether oxygens (including phenoxy) is 12. The van der Waals surface area contributed by atoms with Crippen LogP contribution in [-0.2, 0) is 56.8 Å². The Morgan fingerprint density at radius 1 is 0.245 bits per heavy atom. The summed E-state index contributed by atoms with van der Waals surface area (Å²) in [6.07, 6.45) is -90.9. The molecule has 30 atom stereocenters. The van der Waals surface area contributed by atoms with Crippen LogP contribution < -0.4 is 0 Å². The minimum absolute atomic E-state index is 0.322. The second kappa shape index (κ2) is 32.2. The van der Waals surface area contributed by atoms with E-state index in [1.54, 1.807) is 0 Å². The van der Waals surface area contributed by atoms with Crippen LogP contribution in [0.2, 0.25) is 0 Å². The smallest absolute Gasteiger partial charge is 0.394 e. The molecule has 12 bridgehead atoms. The first kappa shape index (κ1) is 83.6. The van der Waals surface area contributed by atoms with Crippen molar-refractivity contribution < 1.29 is 218 Å². The molecular weight excluding hydrogens is 1450 g/mol. The molecule has 576 valence electrons. The van der Waals surface area contributed by atoms with Crippen molar-refractivity contribution in [3.05, 3.63) is 0 Å². The van der Waals surface area contributed by atoms with Crippen molar-refractivity contribution >= 4 is 23.5 Å². The largest absolute Gasteiger partial charge is 0.460 e. The topological polar surface area (TPSA) is 434 Å². The van der Waals surface area contributed by atoms with E-state index in [-0.39, 0.29) is 0 Å². The molecule has 22 aliphatic heterocycles. The van der Waals surface area contributed by atoms with Gasteiger partial charge in [0.2, 0.25) is 0 Å². The van der Waals surface area contributed by atoms with Gasteiger partial charge in [0.15, 0.2) is 37.7 Å². The third kappa shape index (κ3) is 16.6. The molecule has 0 amide bonds. The average molecular weight is 1530 g/mol. The van der Waals surface area contributed by atoms with Crippen molar-refractivity contribution in [2.75, 3.05) is 49.4 Å². The third-order valence-corrected chi connectivity index (χ3v) is 19.1. The molecule has 22 heterocycles. The Hall–Kier alpha value is -1.68. The molecular formula is C50H70F18O28S2. The fraction of sp³-hybridized carbons (Fsp3) is 1.00. The van der Waals surface area contributed by atoms with Gasteiger partial charge in [0, 0.05) is 24.3 Å². The van der Waals surface area contributed by atoms with Crippen molar-refractivity contribution in [3.8, 4) is 0 Å². The highest BCUT2D eigenvalue weighted by atomic mass is 32.2. The molecule has 0 saturated carbocycles. The first-order chi connectivity index (χ1) is 45.2. The van der Waals surface area contributed by atoms with E-state index in [9.17, 15) is 161 Å². The van der Waals surface area contributed by atoms with Crippen molar-refractivity contribution in [3.63, 3.8) is 0 Å². The van der Waals surface area contributed by atoms with Crippen LogP contribution in [0, 0.1) is 0 Å². The molecule has 22 aliphatic rings. The maximum Gasteiger partial charge on any atom is 0.460 e. The van der Waals surface area contributed by atoms with Crippen LogP contribution in [-0.4, -0.2) is 363 Å². The Labute approximate surface area is 547 Å². The molecule has 0 aromatic rings. The summed E-state index contributed by atoms with van der Waals surface area (Å²) in [5, 5.41) is 180. The maximum absolute atomic E-state index is 14.5. The van der Waals surface area contributed by atoms with E-state index in [1.165, 1.54) is 0 Å². The molecule has 22 rings (SSSR count). The van der Waals surface area contributed by atoms with Gasteiger partial charge in [-0.2, -0.15) is 103 Å². The predicted octanol–water partition coefficient (Wildman–Crippen LogP) is -3.08. The van der Waals surface area contributed by atoms with Gasteiger partial charge in [0.05, 0.1) is 38.6 Å². The normalized spacial score (nSPS) is 42.7. The monoisotopic (exact) mass is 1520 g/mol. The molecule has 0 spiro atoms. The summed E-state index contributed by atoms with van der Waals surface area (Å²) >= 11 is 0.645. The van der Waals surface area contributed by atoms with Crippen LogP contribution in [0.3, 0.4) is 0 Å². The lowest BCUT2D eigenvalue weighted by atomic mass is 9.95. The molecule has 22 fully saturated rings. The number of rotatable bonds is 20. The molecule has 0 aromatic carbocycles. The second-order valence-corrected chi connectivity index (χ2v) is 25.8. The number of thioether (sulfide) groups is 2. The van der Waals surface area contributed by atoms with E-state index in [4.69, 9.17) is 56.8 Å². The molecule has 30 unspecified atom stereocenters. The van der Waals surface area contributed by atoms with Crippen molar-refractivity contribution in [2.24, 2.45) is 0 Å². The molecule has 28 nitrogen and oxygen atoms in total. The van der Waals surface area contributed by atoms with E-state index >= 15 is 0 Å². The lowest BCUT2D eigenvalue weighted by molar-refractivity contribution is -0.401. The lowest BCUT2D eigenvalue weighted by Gasteiger charge is -2.51. The molecule has 0 radical (unpaired) electrons. The van der Waals surface area contributed by atoms with Crippen molar-refractivity contribution in [1.29, 1.82) is 0 Å². The number of aliphatic hydroxyl groups excluding tert-OH is 16. The summed E-state index contributed by atoms with van der Waals surface area (Å²) in [5.41, 5.74) is 0. The number of hydrogen-bond acceptors (Lipinski definition) is 30. The summed E-state index contributed by atoms with van der Waals surface area (Å²) in [7, 11) is 0. The highest BCUT2D eigenvalue weighted by Gasteiger charge is 2.82. The minimum atomic E-state index is -7.23. The van der Waals surface area contributed by atoms with Gasteiger partial charge in [0.1, 0.15) is 134 Å². The SMILES string of the molecule is OCC1OC2OC3C(CSCCCC(F)(F)C(F)(F)C(F)(F)C(F)(F)F)OC(OC4C(CO)OC(OC5C(CO)OC(OC6C(CSCCCC(F)(F)C(F)(F)C(F)(F)C(F)(F)F)OC(OC7C(CO)OC(OC1C(O)C2O)C(O)C7O)C(O)C6O)C(O)C5O)C(O)C4O)C(O)C3O. The third-order valence-electron chi connectivity index (χ3n) is 16.9. The van der Waals surface area contributed by atoms with Crippen LogP contribution in [0.4, 0.5) is 79.0 Å². The Bertz CT molecular complexity index is 2350. The first-order valence-electron chi connectivity index (χ1n) is 29.2. The van der Waals surface area contributed by atoms with Gasteiger partial charge in [0.25, 0.3) is 0 Å². The standard InChI is InChI=1S/C50H70F18O28S2/c51-43(52,45(55,56)47(59,60)49(63,64)65)3-1-5-97-11-17-35-23(77)29(83)41(89-17)93-33-15(9-71)85-37(25(79)19(33)73)92-32-14(8-70)88-40(28(82)22(32)76)96-36-18(12-98-6-2-4-44(53,54)46(57,58)48(61,62)50(66,67)68)90-42(30(84)24(36)78)94-34-16(10-72)86-38(26(80)20(34)74)91-31-13(7-69)87-39(95-35)27(81)21(31)75/h13-42,69-84H,1-12H2. The maximum atomic E-state index is 14.5. The second-order valence-electron chi connectivity index (χ2n) is 23.5. The average Bonchev–Trinajstić information content (AvgIpc) is 0.754. The number of hydrogen-bond donors (Lipinski definition) is 16. The van der Waals surface area contributed by atoms with Gasteiger partial charge in [-0.1, -0.05) is 0 Å². The summed E-state index contributed by atoms with van der Waals surface area (Å²) in [6, 6.07) is 0. The minimum Gasteiger partial charge on any atom is -0.394 e. The van der Waals surface area contributed by atoms with Gasteiger partial charge in [-0.05, 0) is 24.3 Å². The van der Waals surface area contributed by atoms with E-state index in [0.29, 0.717) is 23.5 Å². The number of aliphatic hydroxyl groups is 16. The summed E-state index contributed by atoms with van der Waals surface area (Å²) in [6.45, 7) is -5.20. The summed E-state index contributed by atoms with van der Waals surface area (Å²) in [4.78, 5) is 0. The molecule has 22 saturated heterocycles. The van der Waals surface area contributed by atoms with Crippen LogP contribution in [0.15, 0.2) is 0 Å². The van der Waals surface area contributed by atoms with Gasteiger partial charge >= 0.3 is 47.9 Å². The van der Waals surface area contributed by atoms with Gasteiger partial charge < -0.3 is 139 Å². The van der Waals surface area contributed by atoms with Gasteiger partial charge in [-0.25, -0.2) is 0 Å². The predicted molar refractivity (Wildman–Crippen MR) is 277 cm³/mol. The Morgan fingerprint density at radius 2 is 0.429 bits per heavy atom.